The van der Waals surface area contributed by atoms with Crippen molar-refractivity contribution in [3.8, 4) is 0 Å². The first-order valence-corrected chi connectivity index (χ1v) is 9.55. The number of alkyl halides is 3. The summed E-state index contributed by atoms with van der Waals surface area (Å²) < 4.78 is 51.5. The van der Waals surface area contributed by atoms with Gasteiger partial charge < -0.3 is 15.2 Å². The Morgan fingerprint density at radius 1 is 1.23 bits per heavy atom. The van der Waals surface area contributed by atoms with Gasteiger partial charge in [0.1, 0.15) is 18.2 Å². The highest BCUT2D eigenvalue weighted by molar-refractivity contribution is 5.98. The molecule has 2 N–H and O–H groups in total. The second-order valence-electron chi connectivity index (χ2n) is 7.46. The SMILES string of the molecule is O=C(Nc1ccc2nc(Cc3ccccc3F)[nH]c2c1)C1CC(=O)N(CC(F)(F)F)C1. The molecule has 6 nitrogen and oxygen atoms in total. The number of halogens is 4. The fourth-order valence-corrected chi connectivity index (χ4v) is 3.61. The second kappa shape index (κ2) is 8.01. The van der Waals surface area contributed by atoms with Crippen LogP contribution in [-0.2, 0) is 16.0 Å². The van der Waals surface area contributed by atoms with Gasteiger partial charge in [0.05, 0.1) is 17.0 Å². The summed E-state index contributed by atoms with van der Waals surface area (Å²) >= 11 is 0. The van der Waals surface area contributed by atoms with Crippen LogP contribution in [0.4, 0.5) is 23.2 Å². The van der Waals surface area contributed by atoms with Crippen molar-refractivity contribution in [2.45, 2.75) is 19.0 Å². The zero-order valence-corrected chi connectivity index (χ0v) is 16.2. The van der Waals surface area contributed by atoms with E-state index in [1.54, 1.807) is 36.4 Å². The molecule has 1 saturated heterocycles. The van der Waals surface area contributed by atoms with E-state index in [-0.39, 0.29) is 25.2 Å². The minimum Gasteiger partial charge on any atom is -0.342 e. The molecule has 162 valence electrons. The highest BCUT2D eigenvalue weighted by Gasteiger charge is 2.40. The van der Waals surface area contributed by atoms with Crippen LogP contribution in [0.1, 0.15) is 17.8 Å². The number of hydrogen-bond acceptors (Lipinski definition) is 3. The average molecular weight is 434 g/mol. The summed E-state index contributed by atoms with van der Waals surface area (Å²) in [7, 11) is 0. The average Bonchev–Trinajstić information content (AvgIpc) is 3.25. The van der Waals surface area contributed by atoms with Gasteiger partial charge in [0, 0.05) is 25.1 Å². The summed E-state index contributed by atoms with van der Waals surface area (Å²) in [6, 6.07) is 11.3. The number of likely N-dealkylation sites (tertiary alicyclic amines) is 1. The lowest BCUT2D eigenvalue weighted by molar-refractivity contribution is -0.157. The van der Waals surface area contributed by atoms with Gasteiger partial charge in [-0.3, -0.25) is 9.59 Å². The molecule has 3 aromatic rings. The van der Waals surface area contributed by atoms with Crippen LogP contribution in [0.15, 0.2) is 42.5 Å². The molecule has 0 saturated carbocycles. The molecule has 10 heteroatoms. The van der Waals surface area contributed by atoms with Gasteiger partial charge in [0.25, 0.3) is 0 Å². The van der Waals surface area contributed by atoms with Gasteiger partial charge in [-0.2, -0.15) is 13.2 Å². The van der Waals surface area contributed by atoms with Crippen LogP contribution in [0.3, 0.4) is 0 Å². The molecule has 31 heavy (non-hydrogen) atoms. The monoisotopic (exact) mass is 434 g/mol. The molecule has 1 aromatic heterocycles. The Bertz CT molecular complexity index is 1140. The standard InChI is InChI=1S/C21H18F4N4O2/c22-15-4-2-1-3-12(15)7-18-27-16-6-5-14(9-17(16)28-18)26-20(31)13-8-19(30)29(10-13)11-21(23,24)25/h1-6,9,13H,7-8,10-11H2,(H,26,31)(H,27,28). The number of benzene rings is 2. The van der Waals surface area contributed by atoms with Crippen LogP contribution in [-0.4, -0.2) is 45.9 Å². The number of aromatic amines is 1. The van der Waals surface area contributed by atoms with E-state index >= 15 is 0 Å². The van der Waals surface area contributed by atoms with Crippen LogP contribution < -0.4 is 5.32 Å². The molecular formula is C21H18F4N4O2. The predicted octanol–water partition coefficient (Wildman–Crippen LogP) is 3.64. The fraction of sp³-hybridized carbons (Fsp3) is 0.286. The number of nitrogens with zero attached hydrogens (tertiary/aromatic N) is 2. The zero-order valence-electron chi connectivity index (χ0n) is 16.2. The van der Waals surface area contributed by atoms with Gasteiger partial charge in [0.2, 0.25) is 11.8 Å². The maximum atomic E-state index is 13.9. The van der Waals surface area contributed by atoms with E-state index in [9.17, 15) is 27.2 Å². The number of anilines is 1. The van der Waals surface area contributed by atoms with Gasteiger partial charge in [-0.15, -0.1) is 0 Å². The quantitative estimate of drug-likeness (QED) is 0.602. The Morgan fingerprint density at radius 3 is 2.74 bits per heavy atom. The first-order chi connectivity index (χ1) is 14.7. The Morgan fingerprint density at radius 2 is 2.00 bits per heavy atom. The number of H-pyrrole nitrogens is 1. The van der Waals surface area contributed by atoms with E-state index < -0.39 is 30.5 Å². The van der Waals surface area contributed by atoms with E-state index in [4.69, 9.17) is 0 Å². The van der Waals surface area contributed by atoms with Crippen molar-refractivity contribution in [2.24, 2.45) is 5.92 Å². The summed E-state index contributed by atoms with van der Waals surface area (Å²) in [6.07, 6.45) is -4.50. The smallest absolute Gasteiger partial charge is 0.342 e. The van der Waals surface area contributed by atoms with E-state index in [0.29, 0.717) is 33.0 Å². The van der Waals surface area contributed by atoms with Gasteiger partial charge in [-0.1, -0.05) is 18.2 Å². The van der Waals surface area contributed by atoms with Crippen molar-refractivity contribution >= 4 is 28.5 Å². The summed E-state index contributed by atoms with van der Waals surface area (Å²) in [5, 5.41) is 2.64. The van der Waals surface area contributed by atoms with Crippen LogP contribution in [0.2, 0.25) is 0 Å². The van der Waals surface area contributed by atoms with Gasteiger partial charge in [0.15, 0.2) is 0 Å². The lowest BCUT2D eigenvalue weighted by atomic mass is 10.1. The second-order valence-corrected chi connectivity index (χ2v) is 7.46. The van der Waals surface area contributed by atoms with E-state index in [1.165, 1.54) is 6.07 Å². The molecule has 1 aliphatic rings. The molecule has 2 aromatic carbocycles. The van der Waals surface area contributed by atoms with Crippen molar-refractivity contribution in [3.63, 3.8) is 0 Å². The van der Waals surface area contributed by atoms with Crippen molar-refractivity contribution in [1.29, 1.82) is 0 Å². The third-order valence-corrected chi connectivity index (χ3v) is 5.07. The van der Waals surface area contributed by atoms with Crippen molar-refractivity contribution < 1.29 is 27.2 Å². The highest BCUT2D eigenvalue weighted by Crippen LogP contribution is 2.25. The third kappa shape index (κ3) is 4.84. The number of amides is 2. The lowest BCUT2D eigenvalue weighted by Crippen LogP contribution is -2.36. The molecular weight excluding hydrogens is 416 g/mol. The van der Waals surface area contributed by atoms with E-state index in [0.717, 1.165) is 0 Å². The number of fused-ring (bicyclic) bond motifs is 1. The lowest BCUT2D eigenvalue weighted by Gasteiger charge is -2.18. The van der Waals surface area contributed by atoms with Gasteiger partial charge >= 0.3 is 6.18 Å². The molecule has 4 rings (SSSR count). The van der Waals surface area contributed by atoms with Crippen molar-refractivity contribution in [3.05, 3.63) is 59.7 Å². The fourth-order valence-electron chi connectivity index (χ4n) is 3.61. The first-order valence-electron chi connectivity index (χ1n) is 9.55. The largest absolute Gasteiger partial charge is 0.406 e. The van der Waals surface area contributed by atoms with E-state index in [2.05, 4.69) is 15.3 Å². The molecule has 0 radical (unpaired) electrons. The Hall–Kier alpha value is -3.43. The van der Waals surface area contributed by atoms with Gasteiger partial charge in [-0.05, 0) is 29.8 Å². The number of rotatable bonds is 5. The number of carbonyl (C=O) groups is 2. The molecule has 2 heterocycles. The van der Waals surface area contributed by atoms with E-state index in [1.807, 2.05) is 0 Å². The minimum atomic E-state index is -4.51. The maximum Gasteiger partial charge on any atom is 0.406 e. The van der Waals surface area contributed by atoms with Crippen LogP contribution in [0.5, 0.6) is 0 Å². The summed E-state index contributed by atoms with van der Waals surface area (Å²) in [5.41, 5.74) is 2.15. The molecule has 0 bridgehead atoms. The number of aromatic nitrogens is 2. The molecule has 1 aliphatic heterocycles. The predicted molar refractivity (Wildman–Crippen MR) is 105 cm³/mol. The molecule has 1 unspecified atom stereocenters. The summed E-state index contributed by atoms with van der Waals surface area (Å²) in [4.78, 5) is 32.4. The number of carbonyl (C=O) groups excluding carboxylic acids is 2. The third-order valence-electron chi connectivity index (χ3n) is 5.07. The topological polar surface area (TPSA) is 78.1 Å². The highest BCUT2D eigenvalue weighted by atomic mass is 19.4. The number of imidazole rings is 1. The van der Waals surface area contributed by atoms with Crippen LogP contribution in [0.25, 0.3) is 11.0 Å². The summed E-state index contributed by atoms with van der Waals surface area (Å²) in [5.74, 6) is -1.86. The Kier molecular flexibility index (Phi) is 5.38. The van der Waals surface area contributed by atoms with Crippen LogP contribution in [0, 0.1) is 11.7 Å². The van der Waals surface area contributed by atoms with Crippen molar-refractivity contribution in [2.75, 3.05) is 18.4 Å². The number of nitrogens with one attached hydrogen (secondary N) is 2. The summed E-state index contributed by atoms with van der Waals surface area (Å²) in [6.45, 7) is -1.64. The molecule has 1 fully saturated rings. The molecule has 1 atom stereocenters. The van der Waals surface area contributed by atoms with Crippen molar-refractivity contribution in [1.82, 2.24) is 14.9 Å². The molecule has 0 aliphatic carbocycles. The maximum absolute atomic E-state index is 13.9. The Balaban J connectivity index is 1.44. The molecule has 0 spiro atoms. The normalized spacial score (nSPS) is 16.8. The molecule has 2 amide bonds. The van der Waals surface area contributed by atoms with Crippen LogP contribution >= 0.6 is 0 Å². The minimum absolute atomic E-state index is 0.263. The zero-order chi connectivity index (χ0) is 22.2. The van der Waals surface area contributed by atoms with Gasteiger partial charge in [-0.25, -0.2) is 9.37 Å². The Labute approximate surface area is 174 Å². The first kappa shape index (κ1) is 20.8. The number of hydrogen-bond donors (Lipinski definition) is 2.